The van der Waals surface area contributed by atoms with Crippen molar-refractivity contribution < 1.29 is 4.79 Å². The van der Waals surface area contributed by atoms with Crippen molar-refractivity contribution in [3.63, 3.8) is 0 Å². The summed E-state index contributed by atoms with van der Waals surface area (Å²) in [6.07, 6.45) is 1.08. The van der Waals surface area contributed by atoms with Crippen LogP contribution in [-0.4, -0.2) is 27.2 Å². The molecule has 6 nitrogen and oxygen atoms in total. The van der Waals surface area contributed by atoms with E-state index in [9.17, 15) is 4.79 Å². The van der Waals surface area contributed by atoms with Gasteiger partial charge in [-0.15, -0.1) is 11.3 Å². The van der Waals surface area contributed by atoms with Crippen molar-refractivity contribution in [1.82, 2.24) is 14.8 Å². The minimum atomic E-state index is -0.149. The van der Waals surface area contributed by atoms with E-state index in [0.29, 0.717) is 10.6 Å². The first-order chi connectivity index (χ1) is 15.6. The van der Waals surface area contributed by atoms with Crippen LogP contribution in [0.3, 0.4) is 0 Å². The van der Waals surface area contributed by atoms with Gasteiger partial charge in [-0.3, -0.25) is 14.5 Å². The zero-order valence-corrected chi connectivity index (χ0v) is 19.3. The summed E-state index contributed by atoms with van der Waals surface area (Å²) < 4.78 is 2.14. The number of aromatic amines is 1. The van der Waals surface area contributed by atoms with E-state index in [1.165, 1.54) is 16.1 Å². The fourth-order valence-corrected chi connectivity index (χ4v) is 5.04. The molecule has 0 unspecified atom stereocenters. The van der Waals surface area contributed by atoms with Crippen LogP contribution in [0.25, 0.3) is 11.4 Å². The molecule has 1 amide bonds. The number of aromatic nitrogens is 3. The average Bonchev–Trinajstić information content (AvgIpc) is 3.41. The van der Waals surface area contributed by atoms with Crippen molar-refractivity contribution in [2.75, 3.05) is 16.8 Å². The molecule has 0 radical (unpaired) electrons. The highest BCUT2D eigenvalue weighted by atomic mass is 32.1. The van der Waals surface area contributed by atoms with Crippen LogP contribution in [-0.2, 0) is 24.3 Å². The number of rotatable bonds is 5. The molecule has 3 heterocycles. The van der Waals surface area contributed by atoms with Crippen molar-refractivity contribution in [3.8, 4) is 11.4 Å². The second kappa shape index (κ2) is 8.72. The summed E-state index contributed by atoms with van der Waals surface area (Å²) in [5, 5.41) is 12.3. The van der Waals surface area contributed by atoms with Crippen LogP contribution in [0.4, 0.5) is 11.4 Å². The molecule has 1 aliphatic rings. The van der Waals surface area contributed by atoms with Crippen molar-refractivity contribution in [1.29, 1.82) is 0 Å². The quantitative estimate of drug-likeness (QED) is 0.402. The molecule has 2 aromatic heterocycles. The van der Waals surface area contributed by atoms with Crippen molar-refractivity contribution in [2.45, 2.75) is 26.4 Å². The predicted molar refractivity (Wildman–Crippen MR) is 132 cm³/mol. The smallest absolute Gasteiger partial charge is 0.244 e. The molecule has 1 aliphatic heterocycles. The Hall–Kier alpha value is -3.23. The Labute approximate surface area is 195 Å². The molecule has 5 rings (SSSR count). The zero-order chi connectivity index (χ0) is 22.1. The molecular formula is C24H23N5OS2. The van der Waals surface area contributed by atoms with E-state index in [-0.39, 0.29) is 12.5 Å². The van der Waals surface area contributed by atoms with Gasteiger partial charge < -0.3 is 10.2 Å². The zero-order valence-electron chi connectivity index (χ0n) is 17.7. The highest BCUT2D eigenvalue weighted by Crippen LogP contribution is 2.28. The van der Waals surface area contributed by atoms with Gasteiger partial charge in [0.05, 0.1) is 0 Å². The van der Waals surface area contributed by atoms with Crippen LogP contribution < -0.4 is 10.2 Å². The molecule has 0 fully saturated rings. The SMILES string of the molecule is Cc1ccc(-c2n[nH]c(=S)n2CC(=O)Nc2ccc(N3CCc4sccc4C3)cc2)cc1. The van der Waals surface area contributed by atoms with Gasteiger partial charge in [0.1, 0.15) is 6.54 Å². The number of carbonyl (C=O) groups excluding carboxylic acids is 1. The number of amides is 1. The van der Waals surface area contributed by atoms with Crippen LogP contribution in [0.2, 0.25) is 0 Å². The van der Waals surface area contributed by atoms with E-state index in [0.717, 1.165) is 36.3 Å². The molecule has 2 aromatic carbocycles. The predicted octanol–water partition coefficient (Wildman–Crippen LogP) is 5.18. The van der Waals surface area contributed by atoms with Crippen LogP contribution in [0.5, 0.6) is 0 Å². The monoisotopic (exact) mass is 461 g/mol. The van der Waals surface area contributed by atoms with Crippen LogP contribution in [0.1, 0.15) is 16.0 Å². The summed E-state index contributed by atoms with van der Waals surface area (Å²) in [6, 6.07) is 18.2. The van der Waals surface area contributed by atoms with Gasteiger partial charge in [0, 0.05) is 34.9 Å². The first kappa shape index (κ1) is 20.7. The number of nitrogens with zero attached hydrogens (tertiary/aromatic N) is 3. The summed E-state index contributed by atoms with van der Waals surface area (Å²) in [5.41, 5.74) is 5.42. The second-order valence-electron chi connectivity index (χ2n) is 7.94. The molecule has 4 aromatic rings. The Bertz CT molecular complexity index is 1300. The number of fused-ring (bicyclic) bond motifs is 1. The fourth-order valence-electron chi connectivity index (χ4n) is 3.96. The molecule has 2 N–H and O–H groups in total. The Morgan fingerprint density at radius 1 is 1.16 bits per heavy atom. The number of hydrogen-bond acceptors (Lipinski definition) is 5. The normalized spacial score (nSPS) is 13.1. The Morgan fingerprint density at radius 2 is 1.94 bits per heavy atom. The molecule has 0 spiro atoms. The highest BCUT2D eigenvalue weighted by molar-refractivity contribution is 7.71. The minimum Gasteiger partial charge on any atom is -0.367 e. The summed E-state index contributed by atoms with van der Waals surface area (Å²) in [4.78, 5) is 16.6. The van der Waals surface area contributed by atoms with Crippen LogP contribution >= 0.6 is 23.6 Å². The van der Waals surface area contributed by atoms with Gasteiger partial charge >= 0.3 is 0 Å². The van der Waals surface area contributed by atoms with Gasteiger partial charge in [-0.2, -0.15) is 5.10 Å². The topological polar surface area (TPSA) is 66.0 Å². The maximum Gasteiger partial charge on any atom is 0.244 e. The molecule has 0 atom stereocenters. The molecule has 32 heavy (non-hydrogen) atoms. The number of aryl methyl sites for hydroxylation is 1. The molecule has 0 aliphatic carbocycles. The lowest BCUT2D eigenvalue weighted by Crippen LogP contribution is -2.29. The Morgan fingerprint density at radius 3 is 2.72 bits per heavy atom. The molecule has 8 heteroatoms. The molecule has 0 bridgehead atoms. The summed E-state index contributed by atoms with van der Waals surface area (Å²) in [7, 11) is 0. The number of hydrogen-bond donors (Lipinski definition) is 2. The average molecular weight is 462 g/mol. The van der Waals surface area contributed by atoms with E-state index in [4.69, 9.17) is 12.2 Å². The number of carbonyl (C=O) groups is 1. The van der Waals surface area contributed by atoms with Gasteiger partial charge in [-0.25, -0.2) is 0 Å². The van der Waals surface area contributed by atoms with Gasteiger partial charge in [-0.05, 0) is 66.8 Å². The van der Waals surface area contributed by atoms with E-state index >= 15 is 0 Å². The summed E-state index contributed by atoms with van der Waals surface area (Å²) in [5.74, 6) is 0.503. The minimum absolute atomic E-state index is 0.0906. The maximum atomic E-state index is 12.7. The van der Waals surface area contributed by atoms with Crippen molar-refractivity contribution in [3.05, 3.63) is 80.8 Å². The van der Waals surface area contributed by atoms with E-state index < -0.39 is 0 Å². The van der Waals surface area contributed by atoms with Crippen molar-refractivity contribution >= 4 is 40.8 Å². The summed E-state index contributed by atoms with van der Waals surface area (Å²) in [6.45, 7) is 4.07. The van der Waals surface area contributed by atoms with E-state index in [2.05, 4.69) is 44.0 Å². The molecule has 162 valence electrons. The lowest BCUT2D eigenvalue weighted by Gasteiger charge is -2.29. The highest BCUT2D eigenvalue weighted by Gasteiger charge is 2.18. The lowest BCUT2D eigenvalue weighted by atomic mass is 10.1. The Kier molecular flexibility index (Phi) is 5.63. The van der Waals surface area contributed by atoms with E-state index in [1.54, 1.807) is 4.57 Å². The van der Waals surface area contributed by atoms with Crippen LogP contribution in [0, 0.1) is 11.7 Å². The lowest BCUT2D eigenvalue weighted by molar-refractivity contribution is -0.116. The number of benzene rings is 2. The van der Waals surface area contributed by atoms with Gasteiger partial charge in [-0.1, -0.05) is 29.8 Å². The van der Waals surface area contributed by atoms with E-state index in [1.807, 2.05) is 54.7 Å². The van der Waals surface area contributed by atoms with Crippen LogP contribution in [0.15, 0.2) is 60.0 Å². The third-order valence-corrected chi connectivity index (χ3v) is 7.03. The number of anilines is 2. The number of thiophene rings is 1. The van der Waals surface area contributed by atoms with Gasteiger partial charge in [0.2, 0.25) is 5.91 Å². The third-order valence-electron chi connectivity index (χ3n) is 5.69. The number of H-pyrrole nitrogens is 1. The molecule has 0 saturated carbocycles. The standard InChI is InChI=1S/C24H23N5OS2/c1-16-2-4-17(5-3-16)23-26-27-24(31)29(23)15-22(30)25-19-6-8-20(9-7-19)28-12-10-21-18(14-28)11-13-32-21/h2-9,11,13H,10,12,14-15H2,1H3,(H,25,30)(H,27,31). The molecular weight excluding hydrogens is 438 g/mol. The molecule has 0 saturated heterocycles. The largest absolute Gasteiger partial charge is 0.367 e. The van der Waals surface area contributed by atoms with Gasteiger partial charge in [0.15, 0.2) is 10.6 Å². The van der Waals surface area contributed by atoms with Crippen molar-refractivity contribution in [2.24, 2.45) is 0 Å². The third kappa shape index (κ3) is 4.24. The first-order valence-corrected chi connectivity index (χ1v) is 11.8. The Balaban J connectivity index is 1.26. The maximum absolute atomic E-state index is 12.7. The first-order valence-electron chi connectivity index (χ1n) is 10.5. The van der Waals surface area contributed by atoms with Gasteiger partial charge in [0.25, 0.3) is 0 Å². The fraction of sp³-hybridized carbons (Fsp3) is 0.208. The summed E-state index contributed by atoms with van der Waals surface area (Å²) >= 11 is 7.20. The second-order valence-corrected chi connectivity index (χ2v) is 9.33. The number of nitrogens with one attached hydrogen (secondary N) is 2.